The van der Waals surface area contributed by atoms with Gasteiger partial charge < -0.3 is 20.7 Å². The number of piperidine rings is 1. The van der Waals surface area contributed by atoms with Crippen molar-refractivity contribution in [2.45, 2.75) is 32.3 Å². The van der Waals surface area contributed by atoms with E-state index in [4.69, 9.17) is 33.7 Å². The van der Waals surface area contributed by atoms with Crippen molar-refractivity contribution < 1.29 is 13.9 Å². The molecule has 2 aromatic carbocycles. The molecule has 3 N–H and O–H groups in total. The number of amides is 1. The lowest BCUT2D eigenvalue weighted by atomic mass is 9.78. The Morgan fingerprint density at radius 1 is 1.14 bits per heavy atom. The smallest absolute Gasteiger partial charge is 0.253 e. The summed E-state index contributed by atoms with van der Waals surface area (Å²) in [4.78, 5) is 19.4. The molecule has 1 unspecified atom stereocenters. The number of pyridine rings is 1. The number of rotatable bonds is 5. The van der Waals surface area contributed by atoms with Crippen molar-refractivity contribution in [3.63, 3.8) is 0 Å². The summed E-state index contributed by atoms with van der Waals surface area (Å²) >= 11 is 12.4. The van der Waals surface area contributed by atoms with Crippen LogP contribution in [0.25, 0.3) is 11.1 Å². The number of benzene rings is 2. The van der Waals surface area contributed by atoms with Crippen LogP contribution in [0.1, 0.15) is 48.2 Å². The highest BCUT2D eigenvalue weighted by atomic mass is 35.5. The van der Waals surface area contributed by atoms with Crippen LogP contribution in [-0.2, 0) is 0 Å². The Hall–Kier alpha value is -2.87. The van der Waals surface area contributed by atoms with E-state index in [9.17, 15) is 9.18 Å². The number of carbonyl (C=O) groups excluding carboxylic acids is 1. The number of carbonyl (C=O) groups is 1. The van der Waals surface area contributed by atoms with Gasteiger partial charge in [0, 0.05) is 41.0 Å². The van der Waals surface area contributed by atoms with Crippen LogP contribution in [0.5, 0.6) is 5.75 Å². The Morgan fingerprint density at radius 3 is 2.59 bits per heavy atom. The van der Waals surface area contributed by atoms with Gasteiger partial charge in [0.2, 0.25) is 0 Å². The molecule has 194 valence electrons. The lowest BCUT2D eigenvalue weighted by molar-refractivity contribution is 0.0762. The number of likely N-dealkylation sites (tertiary alicyclic amines) is 1. The van der Waals surface area contributed by atoms with Gasteiger partial charge >= 0.3 is 0 Å². The molecule has 37 heavy (non-hydrogen) atoms. The first-order chi connectivity index (χ1) is 17.8. The number of nitrogens with zero attached hydrogens (tertiary/aromatic N) is 2. The lowest BCUT2D eigenvalue weighted by Crippen LogP contribution is -2.39. The van der Waals surface area contributed by atoms with Gasteiger partial charge in [-0.3, -0.25) is 4.79 Å². The van der Waals surface area contributed by atoms with E-state index >= 15 is 0 Å². The van der Waals surface area contributed by atoms with Crippen molar-refractivity contribution >= 4 is 34.9 Å². The van der Waals surface area contributed by atoms with E-state index in [-0.39, 0.29) is 22.2 Å². The molecule has 1 amide bonds. The third-order valence-corrected chi connectivity index (χ3v) is 8.24. The number of nitrogen functional groups attached to an aromatic ring is 1. The lowest BCUT2D eigenvalue weighted by Gasteiger charge is -2.33. The molecule has 3 aromatic rings. The fourth-order valence-electron chi connectivity index (χ4n) is 5.33. The Balaban J connectivity index is 1.31. The minimum absolute atomic E-state index is 0.0686. The molecule has 0 saturated carbocycles. The predicted molar refractivity (Wildman–Crippen MR) is 145 cm³/mol. The zero-order chi connectivity index (χ0) is 26.2. The number of nitrogens with two attached hydrogens (primary N) is 1. The van der Waals surface area contributed by atoms with Crippen LogP contribution in [0.3, 0.4) is 0 Å². The molecule has 0 bridgehead atoms. The molecule has 2 fully saturated rings. The van der Waals surface area contributed by atoms with Crippen molar-refractivity contribution in [3.05, 3.63) is 75.7 Å². The van der Waals surface area contributed by atoms with Crippen molar-refractivity contribution in [2.75, 3.05) is 31.9 Å². The molecule has 0 radical (unpaired) electrons. The summed E-state index contributed by atoms with van der Waals surface area (Å²) in [6.45, 7) is 5.40. The summed E-state index contributed by atoms with van der Waals surface area (Å²) in [5, 5.41) is 3.62. The van der Waals surface area contributed by atoms with Crippen molar-refractivity contribution in [3.8, 4) is 16.9 Å². The monoisotopic (exact) mass is 542 g/mol. The minimum atomic E-state index is -0.668. The summed E-state index contributed by atoms with van der Waals surface area (Å²) < 4.78 is 20.0. The standard InChI is InChI=1S/C28H29Cl2FN4O2/c1-17(24-21(29)6-7-22(31)25(24)30)37-23-14-20(15-34-26(23)32)18-2-4-19(5-3-18)27(36)35-13-10-28(16-35)8-11-33-12-9-28/h2-7,14-15,17,33H,8-13,16H2,1H3,(H2,32,34). The van der Waals surface area contributed by atoms with Gasteiger partial charge in [0.1, 0.15) is 11.9 Å². The first kappa shape index (κ1) is 25.8. The van der Waals surface area contributed by atoms with Gasteiger partial charge in [0.15, 0.2) is 11.6 Å². The summed E-state index contributed by atoms with van der Waals surface area (Å²) in [5.74, 6) is 0.00254. The Bertz CT molecular complexity index is 1310. The number of ether oxygens (including phenoxy) is 1. The van der Waals surface area contributed by atoms with Crippen LogP contribution in [-0.4, -0.2) is 42.0 Å². The average Bonchev–Trinajstić information content (AvgIpc) is 3.31. The van der Waals surface area contributed by atoms with Crippen molar-refractivity contribution in [1.82, 2.24) is 15.2 Å². The van der Waals surface area contributed by atoms with Crippen LogP contribution in [0.4, 0.5) is 10.2 Å². The van der Waals surface area contributed by atoms with Gasteiger partial charge in [-0.2, -0.15) is 0 Å². The third-order valence-electron chi connectivity index (χ3n) is 7.53. The van der Waals surface area contributed by atoms with E-state index in [0.717, 1.165) is 56.6 Å². The first-order valence-electron chi connectivity index (χ1n) is 12.4. The number of halogens is 3. The third kappa shape index (κ3) is 5.26. The second-order valence-corrected chi connectivity index (χ2v) is 10.7. The number of hydrogen-bond donors (Lipinski definition) is 2. The largest absolute Gasteiger partial charge is 0.482 e. The number of anilines is 1. The molecule has 1 atom stereocenters. The van der Waals surface area contributed by atoms with Crippen molar-refractivity contribution in [2.24, 2.45) is 5.41 Å². The molecule has 6 nitrogen and oxygen atoms in total. The van der Waals surface area contributed by atoms with Gasteiger partial charge in [-0.25, -0.2) is 9.37 Å². The molecule has 0 aliphatic carbocycles. The highest BCUT2D eigenvalue weighted by molar-refractivity contribution is 6.36. The molecule has 9 heteroatoms. The van der Waals surface area contributed by atoms with Crippen LogP contribution in [0.15, 0.2) is 48.7 Å². The maximum atomic E-state index is 14.0. The van der Waals surface area contributed by atoms with Gasteiger partial charge in [-0.05, 0) is 80.6 Å². The minimum Gasteiger partial charge on any atom is -0.482 e. The molecule has 1 aromatic heterocycles. The van der Waals surface area contributed by atoms with E-state index in [2.05, 4.69) is 10.3 Å². The predicted octanol–water partition coefficient (Wildman–Crippen LogP) is 6.13. The number of hydrogen-bond acceptors (Lipinski definition) is 5. The molecule has 2 saturated heterocycles. The molecule has 2 aliphatic heterocycles. The van der Waals surface area contributed by atoms with Gasteiger partial charge in [0.25, 0.3) is 5.91 Å². The summed E-state index contributed by atoms with van der Waals surface area (Å²) in [7, 11) is 0. The van der Waals surface area contributed by atoms with Crippen molar-refractivity contribution in [1.29, 1.82) is 0 Å². The van der Waals surface area contributed by atoms with Crippen LogP contribution in [0.2, 0.25) is 10.0 Å². The summed E-state index contributed by atoms with van der Waals surface area (Å²) in [6.07, 6.45) is 4.30. The highest BCUT2D eigenvalue weighted by Crippen LogP contribution is 2.40. The Morgan fingerprint density at radius 2 is 1.86 bits per heavy atom. The van der Waals surface area contributed by atoms with Crippen LogP contribution in [0, 0.1) is 11.2 Å². The van der Waals surface area contributed by atoms with Crippen LogP contribution >= 0.6 is 23.2 Å². The zero-order valence-corrected chi connectivity index (χ0v) is 22.1. The van der Waals surface area contributed by atoms with Gasteiger partial charge in [-0.1, -0.05) is 35.3 Å². The Labute approximate surface area is 225 Å². The van der Waals surface area contributed by atoms with E-state index in [1.54, 1.807) is 19.2 Å². The average molecular weight is 543 g/mol. The highest BCUT2D eigenvalue weighted by Gasteiger charge is 2.40. The van der Waals surface area contributed by atoms with Gasteiger partial charge in [0.05, 0.1) is 5.02 Å². The van der Waals surface area contributed by atoms with Crippen LogP contribution < -0.4 is 15.8 Å². The topological polar surface area (TPSA) is 80.5 Å². The molecular weight excluding hydrogens is 514 g/mol. The second kappa shape index (κ2) is 10.5. The molecular formula is C28H29Cl2FN4O2. The molecule has 3 heterocycles. The second-order valence-electron chi connectivity index (χ2n) is 9.93. The molecule has 5 rings (SSSR count). The van der Waals surface area contributed by atoms with E-state index < -0.39 is 11.9 Å². The number of aromatic nitrogens is 1. The maximum absolute atomic E-state index is 14.0. The molecule has 1 spiro atoms. The normalized spacial score (nSPS) is 17.7. The quantitative estimate of drug-likeness (QED) is 0.379. The Kier molecular flexibility index (Phi) is 7.30. The number of nitrogens with one attached hydrogen (secondary N) is 1. The fraction of sp³-hybridized carbons (Fsp3) is 0.357. The summed E-state index contributed by atoms with van der Waals surface area (Å²) in [6, 6.07) is 11.9. The molecule has 2 aliphatic rings. The zero-order valence-electron chi connectivity index (χ0n) is 20.6. The van der Waals surface area contributed by atoms with E-state index in [1.807, 2.05) is 29.2 Å². The van der Waals surface area contributed by atoms with E-state index in [0.29, 0.717) is 21.9 Å². The van der Waals surface area contributed by atoms with Gasteiger partial charge in [-0.15, -0.1) is 0 Å². The van der Waals surface area contributed by atoms with E-state index in [1.165, 1.54) is 12.1 Å². The SMILES string of the molecule is CC(Oc1cc(-c2ccc(C(=O)N3CCC4(CCNCC4)C3)cc2)cnc1N)c1c(Cl)ccc(F)c1Cl. The summed E-state index contributed by atoms with van der Waals surface area (Å²) in [5.41, 5.74) is 8.96. The maximum Gasteiger partial charge on any atom is 0.253 e. The first-order valence-corrected chi connectivity index (χ1v) is 13.2. The fourth-order valence-corrected chi connectivity index (χ4v) is 6.01.